The van der Waals surface area contributed by atoms with Gasteiger partial charge in [-0.05, 0) is 24.3 Å². The fourth-order valence-electron chi connectivity index (χ4n) is 1.79. The predicted molar refractivity (Wildman–Crippen MR) is 78.3 cm³/mol. The molecule has 0 saturated carbocycles. The van der Waals surface area contributed by atoms with E-state index in [-0.39, 0.29) is 0 Å². The third kappa shape index (κ3) is 5.35. The second kappa shape index (κ2) is 6.91. The van der Waals surface area contributed by atoms with E-state index in [0.29, 0.717) is 0 Å². The van der Waals surface area contributed by atoms with Crippen molar-refractivity contribution in [1.82, 2.24) is 0 Å². The Hall–Kier alpha value is -1.60. The average Bonchev–Trinajstić information content (AvgIpc) is 2.46. The topological polar surface area (TPSA) is 83.8 Å². The second-order valence-corrected chi connectivity index (χ2v) is 6.09. The minimum atomic E-state index is -4.19. The quantitative estimate of drug-likeness (QED) is 0.597. The number of benzene rings is 2. The molecule has 0 unspecified atom stereocenters. The first-order valence-electron chi connectivity index (χ1n) is 5.97. The van der Waals surface area contributed by atoms with Gasteiger partial charge in [0.15, 0.2) is 0 Å². The molecule has 4 nitrogen and oxygen atoms in total. The Labute approximate surface area is 127 Å². The molecule has 0 aliphatic rings. The van der Waals surface area contributed by atoms with E-state index in [4.69, 9.17) is 18.6 Å². The van der Waals surface area contributed by atoms with Crippen LogP contribution in [0.2, 0.25) is 0 Å². The van der Waals surface area contributed by atoms with Gasteiger partial charge in [-0.25, -0.2) is 0 Å². The van der Waals surface area contributed by atoms with Crippen LogP contribution in [0.3, 0.4) is 0 Å². The SMILES string of the molecule is [O-][Cl+](O)(O)O.c1ccc(-c2ccc3ccccc3[s+]2)cc1. The van der Waals surface area contributed by atoms with Crippen LogP contribution in [0.1, 0.15) is 0 Å². The van der Waals surface area contributed by atoms with Gasteiger partial charge >= 0.3 is 28.9 Å². The fourth-order valence-corrected chi connectivity index (χ4v) is 2.81. The second-order valence-electron chi connectivity index (χ2n) is 4.14. The van der Waals surface area contributed by atoms with E-state index in [9.17, 15) is 0 Å². The number of hydrogen-bond donors (Lipinski definition) is 3. The standard InChI is InChI=1S/C15H11S.ClH3O4/c1-2-6-12(7-3-1)15-11-10-13-8-4-5-9-14(13)16-15;2-1(3,4)5/h1-11H;2-4H/q+1;. The first-order chi connectivity index (χ1) is 9.93. The molecule has 3 rings (SSSR count). The van der Waals surface area contributed by atoms with Gasteiger partial charge in [-0.15, -0.1) is 0 Å². The summed E-state index contributed by atoms with van der Waals surface area (Å²) in [4.78, 5) is 1.32. The minimum absolute atomic E-state index is 1.29. The van der Waals surface area contributed by atoms with Crippen molar-refractivity contribution in [2.24, 2.45) is 0 Å². The van der Waals surface area contributed by atoms with Crippen molar-refractivity contribution in [2.45, 2.75) is 0 Å². The molecule has 0 aliphatic carbocycles. The van der Waals surface area contributed by atoms with Gasteiger partial charge < -0.3 is 0 Å². The summed E-state index contributed by atoms with van der Waals surface area (Å²) in [5.74, 6) is 0. The Morgan fingerprint density at radius 3 is 2.00 bits per heavy atom. The van der Waals surface area contributed by atoms with Crippen molar-refractivity contribution in [3.05, 3.63) is 66.7 Å². The maximum absolute atomic E-state index is 8.83. The van der Waals surface area contributed by atoms with E-state index in [1.165, 1.54) is 20.5 Å². The molecule has 1 heterocycles. The molecule has 0 spiro atoms. The zero-order valence-electron chi connectivity index (χ0n) is 10.9. The number of hydrogen-bond acceptors (Lipinski definition) is 4. The molecule has 2 aromatic carbocycles. The summed E-state index contributed by atoms with van der Waals surface area (Å²) >= 11 is 1.84. The summed E-state index contributed by atoms with van der Waals surface area (Å²) in [5.41, 5.74) is 1.29. The summed E-state index contributed by atoms with van der Waals surface area (Å²) in [6.45, 7) is 0. The summed E-state index contributed by atoms with van der Waals surface area (Å²) < 4.78 is 31.6. The third-order valence-electron chi connectivity index (χ3n) is 2.61. The van der Waals surface area contributed by atoms with Crippen LogP contribution < -0.4 is 4.66 Å². The Morgan fingerprint density at radius 2 is 1.33 bits per heavy atom. The molecule has 0 aliphatic heterocycles. The van der Waals surface area contributed by atoms with Crippen LogP contribution in [0, 0.1) is 10.2 Å². The smallest absolute Gasteiger partial charge is 0.0622 e. The van der Waals surface area contributed by atoms with Gasteiger partial charge in [-0.3, -0.25) is 0 Å². The summed E-state index contributed by atoms with van der Waals surface area (Å²) in [5, 5.41) is 1.31. The molecule has 0 amide bonds. The first kappa shape index (κ1) is 15.8. The normalized spacial score (nSPS) is 11.6. The van der Waals surface area contributed by atoms with Crippen molar-refractivity contribution < 1.29 is 28.9 Å². The van der Waals surface area contributed by atoms with E-state index >= 15 is 0 Å². The van der Waals surface area contributed by atoms with E-state index in [1.807, 2.05) is 11.3 Å². The molecule has 21 heavy (non-hydrogen) atoms. The minimum Gasteiger partial charge on any atom is -0.0622 e. The average molecular weight is 326 g/mol. The van der Waals surface area contributed by atoms with E-state index in [0.717, 1.165) is 0 Å². The van der Waals surface area contributed by atoms with Gasteiger partial charge in [0.25, 0.3) is 0 Å². The number of rotatable bonds is 1. The van der Waals surface area contributed by atoms with Crippen LogP contribution in [-0.2, 0) is 0 Å². The number of halogens is 1. The van der Waals surface area contributed by atoms with Crippen LogP contribution in [-0.4, -0.2) is 14.0 Å². The van der Waals surface area contributed by atoms with Gasteiger partial charge in [0.05, 0.1) is 0 Å². The van der Waals surface area contributed by atoms with Crippen molar-refractivity contribution in [1.29, 1.82) is 0 Å². The Kier molecular flexibility index (Phi) is 5.19. The fraction of sp³-hybridized carbons (Fsp3) is 0. The van der Waals surface area contributed by atoms with Crippen LogP contribution in [0.25, 0.3) is 20.5 Å². The Bertz CT molecular complexity index is 707. The van der Waals surface area contributed by atoms with Gasteiger partial charge in [0, 0.05) is 23.1 Å². The van der Waals surface area contributed by atoms with Gasteiger partial charge in [0.2, 0.25) is 20.9 Å². The monoisotopic (exact) mass is 325 g/mol. The molecule has 0 saturated heterocycles. The summed E-state index contributed by atoms with van der Waals surface area (Å²) in [6.07, 6.45) is 0. The molecular formula is C15H14ClO4S+. The molecule has 0 atom stereocenters. The van der Waals surface area contributed by atoms with Crippen molar-refractivity contribution in [3.63, 3.8) is 0 Å². The molecule has 3 N–H and O–H groups in total. The van der Waals surface area contributed by atoms with E-state index < -0.39 is 10.2 Å². The molecule has 0 radical (unpaired) electrons. The zero-order chi connectivity index (χ0) is 15.3. The van der Waals surface area contributed by atoms with E-state index in [2.05, 4.69) is 66.7 Å². The molecular weight excluding hydrogens is 312 g/mol. The summed E-state index contributed by atoms with van der Waals surface area (Å²) in [6, 6.07) is 23.4. The zero-order valence-corrected chi connectivity index (χ0v) is 12.5. The number of fused-ring (bicyclic) bond motifs is 1. The molecule has 110 valence electrons. The molecule has 0 bridgehead atoms. The van der Waals surface area contributed by atoms with Crippen LogP contribution >= 0.6 is 11.3 Å². The molecule has 3 aromatic rings. The van der Waals surface area contributed by atoms with Crippen molar-refractivity contribution in [2.75, 3.05) is 0 Å². The molecule has 0 fully saturated rings. The van der Waals surface area contributed by atoms with Crippen molar-refractivity contribution >= 4 is 21.4 Å². The molecule has 1 aromatic heterocycles. The van der Waals surface area contributed by atoms with Crippen LogP contribution in [0.5, 0.6) is 0 Å². The maximum Gasteiger partial charge on any atom is 0.238 e. The van der Waals surface area contributed by atoms with Crippen LogP contribution in [0.15, 0.2) is 66.7 Å². The first-order valence-corrected chi connectivity index (χ1v) is 8.11. The summed E-state index contributed by atoms with van der Waals surface area (Å²) in [7, 11) is -4.19. The van der Waals surface area contributed by atoms with E-state index in [1.54, 1.807) is 0 Å². The van der Waals surface area contributed by atoms with Crippen molar-refractivity contribution in [3.8, 4) is 10.4 Å². The van der Waals surface area contributed by atoms with Crippen LogP contribution in [0.4, 0.5) is 0 Å². The Morgan fingerprint density at radius 1 is 0.762 bits per heavy atom. The van der Waals surface area contributed by atoms with Gasteiger partial charge in [-0.1, -0.05) is 30.3 Å². The van der Waals surface area contributed by atoms with Gasteiger partial charge in [-0.2, -0.15) is 0 Å². The molecule has 6 heteroatoms. The third-order valence-corrected chi connectivity index (χ3v) is 3.79. The Balaban J connectivity index is 0.000000282. The largest absolute Gasteiger partial charge is 0.238 e. The predicted octanol–water partition coefficient (Wildman–Crippen LogP) is 1.99. The van der Waals surface area contributed by atoms with Gasteiger partial charge in [0.1, 0.15) is 0 Å². The maximum atomic E-state index is 8.83.